The van der Waals surface area contributed by atoms with E-state index in [-0.39, 0.29) is 0 Å². The quantitative estimate of drug-likeness (QED) is 0.407. The van der Waals surface area contributed by atoms with Gasteiger partial charge in [0.1, 0.15) is 0 Å². The predicted octanol–water partition coefficient (Wildman–Crippen LogP) is 2.05. The van der Waals surface area contributed by atoms with Gasteiger partial charge in [0.2, 0.25) is 0 Å². The van der Waals surface area contributed by atoms with E-state index in [0.717, 1.165) is 11.0 Å². The summed E-state index contributed by atoms with van der Waals surface area (Å²) in [6.07, 6.45) is 4.61. The number of hydrogen-bond donors (Lipinski definition) is 0. The first-order valence-electron chi connectivity index (χ1n) is 4.05. The van der Waals surface area contributed by atoms with E-state index in [1.165, 1.54) is 19.4 Å². The molecule has 0 atom stereocenters. The van der Waals surface area contributed by atoms with Crippen LogP contribution in [0.2, 0.25) is 0 Å². The van der Waals surface area contributed by atoms with Crippen molar-refractivity contribution in [1.29, 1.82) is 0 Å². The summed E-state index contributed by atoms with van der Waals surface area (Å²) in [6.45, 7) is 8.32. The van der Waals surface area contributed by atoms with Crippen LogP contribution in [0.1, 0.15) is 19.8 Å². The van der Waals surface area contributed by atoms with Crippen molar-refractivity contribution in [2.45, 2.75) is 19.8 Å². The minimum absolute atomic E-state index is 1.08. The summed E-state index contributed by atoms with van der Waals surface area (Å²) in [7, 11) is 4.49. The number of hydrogen-bond acceptors (Lipinski definition) is 0. The molecular formula is C9H20N+. The molecular weight excluding hydrogens is 122 g/mol. The lowest BCUT2D eigenvalue weighted by atomic mass is 10.3. The maximum Gasteiger partial charge on any atom is 0.0966 e. The summed E-state index contributed by atoms with van der Waals surface area (Å²) in [6, 6.07) is 0. The van der Waals surface area contributed by atoms with Gasteiger partial charge < -0.3 is 4.48 Å². The molecule has 0 aromatic carbocycles. The van der Waals surface area contributed by atoms with Crippen molar-refractivity contribution in [3.8, 4) is 0 Å². The second-order valence-electron chi connectivity index (χ2n) is 3.48. The highest BCUT2D eigenvalue weighted by Gasteiger charge is 2.09. The molecule has 0 rings (SSSR count). The van der Waals surface area contributed by atoms with Crippen molar-refractivity contribution in [3.05, 3.63) is 12.7 Å². The van der Waals surface area contributed by atoms with E-state index in [1.54, 1.807) is 0 Å². The molecule has 0 aliphatic rings. The van der Waals surface area contributed by atoms with Crippen molar-refractivity contribution in [2.24, 2.45) is 0 Å². The van der Waals surface area contributed by atoms with E-state index in [2.05, 4.69) is 27.6 Å². The average Bonchev–Trinajstić information content (AvgIpc) is 1.84. The van der Waals surface area contributed by atoms with Crippen LogP contribution in [-0.2, 0) is 0 Å². The molecule has 0 saturated carbocycles. The molecule has 0 bridgehead atoms. The second-order valence-corrected chi connectivity index (χ2v) is 3.48. The molecule has 0 aromatic heterocycles. The number of quaternary nitrogens is 1. The highest BCUT2D eigenvalue weighted by Crippen LogP contribution is 2.00. The Bertz CT molecular complexity index is 94.9. The van der Waals surface area contributed by atoms with Crippen LogP contribution in [0, 0.1) is 0 Å². The van der Waals surface area contributed by atoms with Gasteiger partial charge in [-0.2, -0.15) is 0 Å². The van der Waals surface area contributed by atoms with E-state index in [4.69, 9.17) is 0 Å². The van der Waals surface area contributed by atoms with Gasteiger partial charge in [-0.1, -0.05) is 19.9 Å². The van der Waals surface area contributed by atoms with Crippen LogP contribution in [0.25, 0.3) is 0 Å². The fraction of sp³-hybridized carbons (Fsp3) is 0.778. The Balaban J connectivity index is 3.51. The van der Waals surface area contributed by atoms with Crippen LogP contribution in [0.5, 0.6) is 0 Å². The first-order valence-corrected chi connectivity index (χ1v) is 4.05. The third kappa shape index (κ3) is 4.57. The molecule has 0 unspecified atom stereocenters. The summed E-state index contributed by atoms with van der Waals surface area (Å²) in [5.41, 5.74) is 0. The monoisotopic (exact) mass is 142 g/mol. The summed E-state index contributed by atoms with van der Waals surface area (Å²) >= 11 is 0. The normalized spacial score (nSPS) is 11.5. The number of nitrogens with zero attached hydrogens (tertiary/aromatic N) is 1. The van der Waals surface area contributed by atoms with Crippen LogP contribution in [0.4, 0.5) is 0 Å². The summed E-state index contributed by atoms with van der Waals surface area (Å²) < 4.78 is 1.08. The lowest BCUT2D eigenvalue weighted by molar-refractivity contribution is -0.884. The van der Waals surface area contributed by atoms with E-state index < -0.39 is 0 Å². The van der Waals surface area contributed by atoms with Crippen molar-refractivity contribution >= 4 is 0 Å². The molecule has 0 amide bonds. The maximum absolute atomic E-state index is 3.74. The number of likely N-dealkylation sites (N-methyl/N-ethyl adjacent to an activating group) is 1. The smallest absolute Gasteiger partial charge is 0.0966 e. The van der Waals surface area contributed by atoms with E-state index in [9.17, 15) is 0 Å². The first-order chi connectivity index (χ1) is 4.62. The minimum Gasteiger partial charge on any atom is -0.325 e. The van der Waals surface area contributed by atoms with Gasteiger partial charge in [0, 0.05) is 0 Å². The Labute approximate surface area is 64.9 Å². The number of rotatable bonds is 5. The Morgan fingerprint density at radius 1 is 1.40 bits per heavy atom. The van der Waals surface area contributed by atoms with Gasteiger partial charge in [-0.25, -0.2) is 0 Å². The van der Waals surface area contributed by atoms with Gasteiger partial charge in [-0.05, 0) is 12.5 Å². The summed E-state index contributed by atoms with van der Waals surface area (Å²) in [5, 5.41) is 0. The Hall–Kier alpha value is -0.300. The van der Waals surface area contributed by atoms with Gasteiger partial charge in [0.15, 0.2) is 0 Å². The third-order valence-corrected chi connectivity index (χ3v) is 1.74. The zero-order valence-corrected chi connectivity index (χ0v) is 7.56. The van der Waals surface area contributed by atoms with Crippen LogP contribution in [-0.4, -0.2) is 31.7 Å². The van der Waals surface area contributed by atoms with Crippen molar-refractivity contribution < 1.29 is 4.48 Å². The van der Waals surface area contributed by atoms with E-state index in [0.29, 0.717) is 0 Å². The molecule has 0 saturated heterocycles. The average molecular weight is 142 g/mol. The molecule has 0 radical (unpaired) electrons. The van der Waals surface area contributed by atoms with Crippen molar-refractivity contribution in [1.82, 2.24) is 0 Å². The van der Waals surface area contributed by atoms with Crippen LogP contribution in [0.15, 0.2) is 12.7 Å². The zero-order valence-electron chi connectivity index (χ0n) is 7.56. The molecule has 0 spiro atoms. The molecule has 0 aliphatic carbocycles. The van der Waals surface area contributed by atoms with Crippen LogP contribution < -0.4 is 0 Å². The molecule has 0 aromatic rings. The van der Waals surface area contributed by atoms with Gasteiger partial charge in [-0.3, -0.25) is 0 Å². The standard InChI is InChI=1S/C9H20N/c1-5-7-9-10(3,4)8-6-2/h6H,2,5,7-9H2,1,3-4H3/q+1. The minimum atomic E-state index is 1.08. The Morgan fingerprint density at radius 3 is 2.40 bits per heavy atom. The lowest BCUT2D eigenvalue weighted by Gasteiger charge is -2.28. The van der Waals surface area contributed by atoms with Gasteiger partial charge in [0.05, 0.1) is 27.2 Å². The molecule has 1 nitrogen and oxygen atoms in total. The largest absolute Gasteiger partial charge is 0.325 e. The first kappa shape index (κ1) is 9.70. The number of unbranched alkanes of at least 4 members (excludes halogenated alkanes) is 1. The topological polar surface area (TPSA) is 0 Å². The highest BCUT2D eigenvalue weighted by atomic mass is 15.3. The van der Waals surface area contributed by atoms with Crippen molar-refractivity contribution in [3.63, 3.8) is 0 Å². The molecule has 1 heteroatoms. The predicted molar refractivity (Wildman–Crippen MR) is 46.9 cm³/mol. The maximum atomic E-state index is 3.74. The SMILES string of the molecule is C=CC[N+](C)(C)CCCC. The van der Waals surface area contributed by atoms with Gasteiger partial charge >= 0.3 is 0 Å². The highest BCUT2D eigenvalue weighted by molar-refractivity contribution is 4.64. The second kappa shape index (κ2) is 4.51. The fourth-order valence-corrected chi connectivity index (χ4v) is 1.03. The third-order valence-electron chi connectivity index (χ3n) is 1.74. The van der Waals surface area contributed by atoms with E-state index >= 15 is 0 Å². The zero-order chi connectivity index (χ0) is 8.04. The molecule has 60 valence electrons. The Kier molecular flexibility index (Phi) is 4.37. The Morgan fingerprint density at radius 2 is 2.00 bits per heavy atom. The van der Waals surface area contributed by atoms with E-state index in [1.807, 2.05) is 6.08 Å². The molecule has 0 aliphatic heterocycles. The molecule has 0 N–H and O–H groups in total. The lowest BCUT2D eigenvalue weighted by Crippen LogP contribution is -2.40. The van der Waals surface area contributed by atoms with Gasteiger partial charge in [-0.15, -0.1) is 0 Å². The fourth-order valence-electron chi connectivity index (χ4n) is 1.03. The van der Waals surface area contributed by atoms with Crippen LogP contribution >= 0.6 is 0 Å². The van der Waals surface area contributed by atoms with Crippen LogP contribution in [0.3, 0.4) is 0 Å². The molecule has 10 heavy (non-hydrogen) atoms. The summed E-state index contributed by atoms with van der Waals surface area (Å²) in [4.78, 5) is 0. The molecule has 0 heterocycles. The summed E-state index contributed by atoms with van der Waals surface area (Å²) in [5.74, 6) is 0. The van der Waals surface area contributed by atoms with Gasteiger partial charge in [0.25, 0.3) is 0 Å². The molecule has 0 fully saturated rings. The van der Waals surface area contributed by atoms with Crippen molar-refractivity contribution in [2.75, 3.05) is 27.2 Å².